The second-order valence-corrected chi connectivity index (χ2v) is 7.54. The maximum Gasteiger partial charge on any atom is 0.173 e. The summed E-state index contributed by atoms with van der Waals surface area (Å²) in [6.07, 6.45) is 0. The molecule has 6 heteroatoms. The van der Waals surface area contributed by atoms with Gasteiger partial charge in [-0.3, -0.25) is 4.90 Å². The third-order valence-corrected chi connectivity index (χ3v) is 5.23. The van der Waals surface area contributed by atoms with E-state index >= 15 is 0 Å². The summed E-state index contributed by atoms with van der Waals surface area (Å²) < 4.78 is 0. The van der Waals surface area contributed by atoms with Crippen molar-refractivity contribution < 1.29 is 0 Å². The van der Waals surface area contributed by atoms with Crippen molar-refractivity contribution in [3.05, 3.63) is 63.6 Å². The number of nitrogens with zero attached hydrogens (tertiary/aromatic N) is 2. The van der Waals surface area contributed by atoms with Gasteiger partial charge in [-0.15, -0.1) is 0 Å². The lowest BCUT2D eigenvalue weighted by Crippen LogP contribution is -2.49. The van der Waals surface area contributed by atoms with Crippen molar-refractivity contribution in [2.75, 3.05) is 31.5 Å². The largest absolute Gasteiger partial charge is 0.346 e. The van der Waals surface area contributed by atoms with Crippen LogP contribution < -0.4 is 5.32 Å². The van der Waals surface area contributed by atoms with Gasteiger partial charge in [-0.25, -0.2) is 0 Å². The Morgan fingerprint density at radius 3 is 2.52 bits per heavy atom. The molecule has 0 spiro atoms. The van der Waals surface area contributed by atoms with Gasteiger partial charge in [0.25, 0.3) is 0 Å². The average molecular weight is 394 g/mol. The lowest BCUT2D eigenvalue weighted by Gasteiger charge is -2.36. The van der Waals surface area contributed by atoms with Crippen molar-refractivity contribution in [1.29, 1.82) is 0 Å². The van der Waals surface area contributed by atoms with Crippen LogP contribution in [-0.4, -0.2) is 41.1 Å². The van der Waals surface area contributed by atoms with E-state index in [1.54, 1.807) is 12.1 Å². The molecule has 0 atom stereocenters. The highest BCUT2D eigenvalue weighted by Crippen LogP contribution is 2.25. The Labute approximate surface area is 164 Å². The molecule has 3 rings (SSSR count). The molecule has 1 aliphatic heterocycles. The number of anilines is 1. The van der Waals surface area contributed by atoms with Gasteiger partial charge in [-0.1, -0.05) is 53.0 Å². The maximum absolute atomic E-state index is 6.21. The standard InChI is InChI=1S/C19H21Cl2N3S/c1-14-3-2-4-15(11-14)13-23-7-9-24(10-8-23)19(25)22-18-6-5-16(20)12-17(18)21/h2-6,11-12H,7-10,13H2,1H3,(H,22,25). The summed E-state index contributed by atoms with van der Waals surface area (Å²) >= 11 is 17.7. The minimum atomic E-state index is 0.577. The second-order valence-electron chi connectivity index (χ2n) is 6.31. The molecule has 3 nitrogen and oxygen atoms in total. The Balaban J connectivity index is 1.52. The van der Waals surface area contributed by atoms with Crippen LogP contribution in [0.1, 0.15) is 11.1 Å². The van der Waals surface area contributed by atoms with Crippen LogP contribution in [0.2, 0.25) is 10.0 Å². The van der Waals surface area contributed by atoms with E-state index in [9.17, 15) is 0 Å². The van der Waals surface area contributed by atoms with Crippen LogP contribution in [0.4, 0.5) is 5.69 Å². The first-order chi connectivity index (χ1) is 12.0. The number of hydrogen-bond acceptors (Lipinski definition) is 2. The first-order valence-corrected chi connectivity index (χ1v) is 9.46. The summed E-state index contributed by atoms with van der Waals surface area (Å²) in [7, 11) is 0. The highest BCUT2D eigenvalue weighted by Gasteiger charge is 2.19. The molecule has 0 radical (unpaired) electrons. The predicted octanol–water partition coefficient (Wildman–Crippen LogP) is 4.82. The lowest BCUT2D eigenvalue weighted by molar-refractivity contribution is 0.177. The third-order valence-electron chi connectivity index (χ3n) is 4.32. The van der Waals surface area contributed by atoms with Gasteiger partial charge >= 0.3 is 0 Å². The third kappa shape index (κ3) is 5.08. The summed E-state index contributed by atoms with van der Waals surface area (Å²) in [4.78, 5) is 4.65. The van der Waals surface area contributed by atoms with Crippen LogP contribution in [0.15, 0.2) is 42.5 Å². The van der Waals surface area contributed by atoms with E-state index in [2.05, 4.69) is 46.3 Å². The molecule has 1 aliphatic rings. The fourth-order valence-electron chi connectivity index (χ4n) is 2.96. The fourth-order valence-corrected chi connectivity index (χ4v) is 3.71. The molecule has 0 bridgehead atoms. The van der Waals surface area contributed by atoms with E-state index in [1.807, 2.05) is 6.07 Å². The van der Waals surface area contributed by atoms with Gasteiger partial charge in [0.2, 0.25) is 0 Å². The quantitative estimate of drug-likeness (QED) is 0.753. The molecule has 2 aromatic rings. The Bertz CT molecular complexity index is 758. The number of halogens is 2. The van der Waals surface area contributed by atoms with Gasteiger partial charge in [-0.2, -0.15) is 0 Å². The van der Waals surface area contributed by atoms with Gasteiger partial charge < -0.3 is 10.2 Å². The Morgan fingerprint density at radius 2 is 1.84 bits per heavy atom. The number of rotatable bonds is 3. The highest BCUT2D eigenvalue weighted by atomic mass is 35.5. The zero-order valence-corrected chi connectivity index (χ0v) is 16.5. The molecule has 0 amide bonds. The van der Waals surface area contributed by atoms with Crippen LogP contribution in [-0.2, 0) is 6.54 Å². The molecular formula is C19H21Cl2N3S. The Kier molecular flexibility index (Phi) is 6.18. The number of aryl methyl sites for hydroxylation is 1. The van der Waals surface area contributed by atoms with E-state index in [4.69, 9.17) is 35.4 Å². The highest BCUT2D eigenvalue weighted by molar-refractivity contribution is 7.80. The maximum atomic E-state index is 6.21. The lowest BCUT2D eigenvalue weighted by atomic mass is 10.1. The smallest absolute Gasteiger partial charge is 0.173 e. The van der Waals surface area contributed by atoms with Gasteiger partial charge in [0.1, 0.15) is 0 Å². The molecule has 132 valence electrons. The van der Waals surface area contributed by atoms with Crippen molar-refractivity contribution in [2.45, 2.75) is 13.5 Å². The zero-order chi connectivity index (χ0) is 17.8. The van der Waals surface area contributed by atoms with Crippen molar-refractivity contribution >= 4 is 46.2 Å². The molecule has 1 fully saturated rings. The normalized spacial score (nSPS) is 15.2. The van der Waals surface area contributed by atoms with Crippen molar-refractivity contribution in [3.8, 4) is 0 Å². The summed E-state index contributed by atoms with van der Waals surface area (Å²) in [6, 6.07) is 14.1. The van der Waals surface area contributed by atoms with Crippen molar-refractivity contribution in [2.24, 2.45) is 0 Å². The summed E-state index contributed by atoms with van der Waals surface area (Å²) in [6.45, 7) is 6.91. The van der Waals surface area contributed by atoms with Crippen LogP contribution in [0.25, 0.3) is 0 Å². The molecule has 0 aliphatic carbocycles. The first kappa shape index (κ1) is 18.5. The van der Waals surface area contributed by atoms with Crippen molar-refractivity contribution in [3.63, 3.8) is 0 Å². The van der Waals surface area contributed by atoms with Gasteiger partial charge in [-0.05, 0) is 42.9 Å². The van der Waals surface area contributed by atoms with E-state index in [0.717, 1.165) is 38.4 Å². The van der Waals surface area contributed by atoms with Gasteiger partial charge in [0.05, 0.1) is 10.7 Å². The van der Waals surface area contributed by atoms with Crippen LogP contribution >= 0.6 is 35.4 Å². The van der Waals surface area contributed by atoms with Crippen molar-refractivity contribution in [1.82, 2.24) is 9.80 Å². The van der Waals surface area contributed by atoms with E-state index in [0.29, 0.717) is 15.2 Å². The summed E-state index contributed by atoms with van der Waals surface area (Å²) in [5, 5.41) is 5.13. The first-order valence-electron chi connectivity index (χ1n) is 8.30. The fraction of sp³-hybridized carbons (Fsp3) is 0.316. The van der Waals surface area contributed by atoms with E-state index < -0.39 is 0 Å². The zero-order valence-electron chi connectivity index (χ0n) is 14.1. The SMILES string of the molecule is Cc1cccc(CN2CCN(C(=S)Nc3ccc(Cl)cc3Cl)CC2)c1. The molecular weight excluding hydrogens is 373 g/mol. The van der Waals surface area contributed by atoms with Crippen LogP contribution in [0.5, 0.6) is 0 Å². The molecule has 25 heavy (non-hydrogen) atoms. The average Bonchev–Trinajstić information content (AvgIpc) is 2.58. The van der Waals surface area contributed by atoms with Crippen LogP contribution in [0.3, 0.4) is 0 Å². The predicted molar refractivity (Wildman–Crippen MR) is 111 cm³/mol. The number of piperazine rings is 1. The Hall–Kier alpha value is -1.33. The van der Waals surface area contributed by atoms with Gasteiger partial charge in [0.15, 0.2) is 5.11 Å². The number of benzene rings is 2. The molecule has 2 aromatic carbocycles. The minimum absolute atomic E-state index is 0.577. The molecule has 0 unspecified atom stereocenters. The molecule has 0 aromatic heterocycles. The van der Waals surface area contributed by atoms with Gasteiger partial charge in [0, 0.05) is 37.7 Å². The second kappa shape index (κ2) is 8.37. The topological polar surface area (TPSA) is 18.5 Å². The number of nitrogens with one attached hydrogen (secondary N) is 1. The minimum Gasteiger partial charge on any atom is -0.346 e. The number of thiocarbonyl (C=S) groups is 1. The summed E-state index contributed by atoms with van der Waals surface area (Å²) in [5.41, 5.74) is 3.46. The molecule has 1 N–H and O–H groups in total. The van der Waals surface area contributed by atoms with Crippen LogP contribution in [0, 0.1) is 6.92 Å². The monoisotopic (exact) mass is 393 g/mol. The molecule has 1 heterocycles. The van der Waals surface area contributed by atoms with E-state index in [1.165, 1.54) is 11.1 Å². The molecule has 0 saturated carbocycles. The van der Waals surface area contributed by atoms with E-state index in [-0.39, 0.29) is 0 Å². The Morgan fingerprint density at radius 1 is 1.08 bits per heavy atom. The number of hydrogen-bond donors (Lipinski definition) is 1. The summed E-state index contributed by atoms with van der Waals surface area (Å²) in [5.74, 6) is 0. The molecule has 1 saturated heterocycles.